The Bertz CT molecular complexity index is 658. The lowest BCUT2D eigenvalue weighted by Gasteiger charge is -2.45. The van der Waals surface area contributed by atoms with Crippen molar-refractivity contribution < 1.29 is 0 Å². The summed E-state index contributed by atoms with van der Waals surface area (Å²) in [4.78, 5) is 19.9. The number of piperazine rings is 1. The van der Waals surface area contributed by atoms with Crippen LogP contribution in [0.3, 0.4) is 0 Å². The molecule has 3 heterocycles. The van der Waals surface area contributed by atoms with Gasteiger partial charge in [0.2, 0.25) is 5.95 Å². The summed E-state index contributed by atoms with van der Waals surface area (Å²) in [5.74, 6) is 1.73. The molecule has 0 amide bonds. The van der Waals surface area contributed by atoms with Gasteiger partial charge in [-0.15, -0.1) is 0 Å². The van der Waals surface area contributed by atoms with E-state index >= 15 is 0 Å². The summed E-state index contributed by atoms with van der Waals surface area (Å²) in [6, 6.07) is 1.79. The Hall–Kier alpha value is -1.24. The average Bonchev–Trinajstić information content (AvgIpc) is 2.83. The van der Waals surface area contributed by atoms with Crippen molar-refractivity contribution in [1.29, 1.82) is 0 Å². The van der Waals surface area contributed by atoms with Crippen LogP contribution in [0.2, 0.25) is 0 Å². The zero-order valence-electron chi connectivity index (χ0n) is 22.3. The van der Waals surface area contributed by atoms with E-state index in [1.807, 2.05) is 0 Å². The SMILES string of the molecule is CCCC(CC)N1CCC(CN(C)Cc2cnc(N3C(CC)CN(C)CC3CC)nc2)CC1. The van der Waals surface area contributed by atoms with Gasteiger partial charge in [0.25, 0.3) is 0 Å². The highest BCUT2D eigenvalue weighted by molar-refractivity contribution is 5.35. The maximum absolute atomic E-state index is 4.84. The normalized spacial score (nSPS) is 24.5. The minimum Gasteiger partial charge on any atom is -0.332 e. The summed E-state index contributed by atoms with van der Waals surface area (Å²) < 4.78 is 0. The molecular weight excluding hydrogens is 408 g/mol. The molecule has 0 N–H and O–H groups in total. The quantitative estimate of drug-likeness (QED) is 0.486. The van der Waals surface area contributed by atoms with E-state index in [0.717, 1.165) is 50.4 Å². The number of aromatic nitrogens is 2. The van der Waals surface area contributed by atoms with Gasteiger partial charge < -0.3 is 19.6 Å². The minimum atomic E-state index is 0.498. The number of piperidine rings is 1. The highest BCUT2D eigenvalue weighted by Gasteiger charge is 2.33. The Balaban J connectivity index is 1.51. The molecule has 2 fully saturated rings. The summed E-state index contributed by atoms with van der Waals surface area (Å²) >= 11 is 0. The largest absolute Gasteiger partial charge is 0.332 e. The summed E-state index contributed by atoms with van der Waals surface area (Å²) in [7, 11) is 4.49. The minimum absolute atomic E-state index is 0.498. The fraction of sp³-hybridized carbons (Fsp3) is 0.852. The first-order valence-corrected chi connectivity index (χ1v) is 13.7. The zero-order chi connectivity index (χ0) is 23.8. The van der Waals surface area contributed by atoms with Crippen molar-refractivity contribution in [2.75, 3.05) is 51.7 Å². The van der Waals surface area contributed by atoms with E-state index in [2.05, 4.69) is 73.8 Å². The molecule has 1 aromatic rings. The molecule has 0 aromatic carbocycles. The molecule has 2 saturated heterocycles. The highest BCUT2D eigenvalue weighted by Crippen LogP contribution is 2.25. The molecule has 0 saturated carbocycles. The van der Waals surface area contributed by atoms with Crippen LogP contribution in [0.4, 0.5) is 5.95 Å². The standard InChI is InChI=1S/C27H50N6/c1-7-11-24(8-2)32-14-12-22(13-15-32)18-30(5)19-23-16-28-27(29-17-23)33-25(9-3)20-31(6)21-26(33)10-4/h16-17,22,24-26H,7-15,18-21H2,1-6H3. The first-order valence-electron chi connectivity index (χ1n) is 13.7. The van der Waals surface area contributed by atoms with Crippen LogP contribution in [-0.4, -0.2) is 89.6 Å². The van der Waals surface area contributed by atoms with Gasteiger partial charge in [-0.2, -0.15) is 0 Å². The van der Waals surface area contributed by atoms with Crippen LogP contribution in [0.1, 0.15) is 78.2 Å². The van der Waals surface area contributed by atoms with E-state index in [1.54, 1.807) is 0 Å². The second-order valence-electron chi connectivity index (χ2n) is 10.7. The molecule has 188 valence electrons. The topological polar surface area (TPSA) is 38.7 Å². The van der Waals surface area contributed by atoms with Crippen LogP contribution in [0.15, 0.2) is 12.4 Å². The molecule has 33 heavy (non-hydrogen) atoms. The smallest absolute Gasteiger partial charge is 0.225 e. The van der Waals surface area contributed by atoms with Gasteiger partial charge in [-0.25, -0.2) is 9.97 Å². The first-order chi connectivity index (χ1) is 16.0. The van der Waals surface area contributed by atoms with Crippen molar-refractivity contribution in [1.82, 2.24) is 24.7 Å². The molecule has 3 unspecified atom stereocenters. The molecule has 0 spiro atoms. The van der Waals surface area contributed by atoms with Crippen molar-refractivity contribution in [3.63, 3.8) is 0 Å². The van der Waals surface area contributed by atoms with Crippen LogP contribution in [0.25, 0.3) is 0 Å². The summed E-state index contributed by atoms with van der Waals surface area (Å²) in [6.07, 6.45) is 13.0. The summed E-state index contributed by atoms with van der Waals surface area (Å²) in [5, 5.41) is 0. The second kappa shape index (κ2) is 13.0. The lowest BCUT2D eigenvalue weighted by molar-refractivity contribution is 0.107. The fourth-order valence-corrected chi connectivity index (χ4v) is 6.11. The van der Waals surface area contributed by atoms with Gasteiger partial charge in [-0.1, -0.05) is 34.1 Å². The van der Waals surface area contributed by atoms with Crippen LogP contribution in [0, 0.1) is 5.92 Å². The number of likely N-dealkylation sites (N-methyl/N-ethyl adjacent to an activating group) is 1. The van der Waals surface area contributed by atoms with Gasteiger partial charge in [0, 0.05) is 62.3 Å². The van der Waals surface area contributed by atoms with Crippen LogP contribution in [0.5, 0.6) is 0 Å². The Kier molecular flexibility index (Phi) is 10.4. The molecule has 3 rings (SSSR count). The van der Waals surface area contributed by atoms with Crippen molar-refractivity contribution in [3.8, 4) is 0 Å². The van der Waals surface area contributed by atoms with Gasteiger partial charge in [0.05, 0.1) is 0 Å². The zero-order valence-corrected chi connectivity index (χ0v) is 22.3. The predicted molar refractivity (Wildman–Crippen MR) is 140 cm³/mol. The third kappa shape index (κ3) is 7.12. The Labute approximate surface area is 203 Å². The number of rotatable bonds is 11. The monoisotopic (exact) mass is 458 g/mol. The number of likely N-dealkylation sites (tertiary alicyclic amines) is 1. The van der Waals surface area contributed by atoms with Crippen molar-refractivity contribution in [2.24, 2.45) is 5.92 Å². The van der Waals surface area contributed by atoms with E-state index < -0.39 is 0 Å². The molecule has 6 heteroatoms. The third-order valence-electron chi connectivity index (χ3n) is 7.98. The van der Waals surface area contributed by atoms with Gasteiger partial charge in [0.15, 0.2) is 0 Å². The molecule has 0 radical (unpaired) electrons. The molecule has 2 aliphatic heterocycles. The second-order valence-corrected chi connectivity index (χ2v) is 10.7. The fourth-order valence-electron chi connectivity index (χ4n) is 6.11. The van der Waals surface area contributed by atoms with Crippen LogP contribution < -0.4 is 4.90 Å². The van der Waals surface area contributed by atoms with E-state index in [9.17, 15) is 0 Å². The third-order valence-corrected chi connectivity index (χ3v) is 7.98. The Morgan fingerprint density at radius 2 is 1.61 bits per heavy atom. The van der Waals surface area contributed by atoms with E-state index in [0.29, 0.717) is 12.1 Å². The molecule has 0 aliphatic carbocycles. The van der Waals surface area contributed by atoms with Gasteiger partial charge in [-0.3, -0.25) is 0 Å². The number of nitrogens with zero attached hydrogens (tertiary/aromatic N) is 6. The molecule has 1 aromatic heterocycles. The van der Waals surface area contributed by atoms with Crippen molar-refractivity contribution in [3.05, 3.63) is 18.0 Å². The van der Waals surface area contributed by atoms with Gasteiger partial charge >= 0.3 is 0 Å². The maximum Gasteiger partial charge on any atom is 0.225 e. The lowest BCUT2D eigenvalue weighted by Crippen LogP contribution is -2.58. The van der Waals surface area contributed by atoms with Crippen molar-refractivity contribution in [2.45, 2.75) is 97.3 Å². The molecule has 3 atom stereocenters. The molecule has 0 bridgehead atoms. The number of anilines is 1. The van der Waals surface area contributed by atoms with Gasteiger partial charge in [0.1, 0.15) is 0 Å². The lowest BCUT2D eigenvalue weighted by atomic mass is 9.94. The summed E-state index contributed by atoms with van der Waals surface area (Å²) in [5.41, 5.74) is 1.22. The van der Waals surface area contributed by atoms with Crippen LogP contribution >= 0.6 is 0 Å². The number of hydrogen-bond acceptors (Lipinski definition) is 6. The molecular formula is C27H50N6. The highest BCUT2D eigenvalue weighted by atomic mass is 15.4. The average molecular weight is 459 g/mol. The Morgan fingerprint density at radius 3 is 2.12 bits per heavy atom. The van der Waals surface area contributed by atoms with E-state index in [1.165, 1.54) is 57.3 Å². The maximum atomic E-state index is 4.84. The predicted octanol–water partition coefficient (Wildman–Crippen LogP) is 4.51. The van der Waals surface area contributed by atoms with E-state index in [4.69, 9.17) is 9.97 Å². The number of hydrogen-bond donors (Lipinski definition) is 0. The Morgan fingerprint density at radius 1 is 1.00 bits per heavy atom. The van der Waals surface area contributed by atoms with E-state index in [-0.39, 0.29) is 0 Å². The van der Waals surface area contributed by atoms with Crippen molar-refractivity contribution >= 4 is 5.95 Å². The van der Waals surface area contributed by atoms with Gasteiger partial charge in [-0.05, 0) is 71.6 Å². The van der Waals surface area contributed by atoms with Crippen LogP contribution in [-0.2, 0) is 6.54 Å². The molecule has 2 aliphatic rings. The molecule has 6 nitrogen and oxygen atoms in total. The first kappa shape index (κ1) is 26.4. The summed E-state index contributed by atoms with van der Waals surface area (Å²) in [6.45, 7) is 16.1.